The van der Waals surface area contributed by atoms with Gasteiger partial charge in [-0.1, -0.05) is 23.2 Å². The molecule has 3 rings (SSSR count). The standard InChI is InChI=1S/C16H23Cl2N5O/c1-2-19-16(23-13-8-11-3-4-14(13)24-11)21-6-5-20-15-12(18)7-10(17)9-22-15/h7,9,11,13-14H,2-6,8H2,1H3,(H,20,22)(H2,19,21,23). The molecule has 132 valence electrons. The van der Waals surface area contributed by atoms with Crippen molar-refractivity contribution in [2.75, 3.05) is 25.0 Å². The van der Waals surface area contributed by atoms with Crippen LogP contribution in [0.4, 0.5) is 5.82 Å². The molecule has 3 unspecified atom stereocenters. The predicted molar refractivity (Wildman–Crippen MR) is 98.2 cm³/mol. The van der Waals surface area contributed by atoms with E-state index in [1.54, 1.807) is 12.3 Å². The maximum atomic E-state index is 6.09. The third kappa shape index (κ3) is 4.43. The van der Waals surface area contributed by atoms with Crippen LogP contribution in [0.2, 0.25) is 10.0 Å². The van der Waals surface area contributed by atoms with Gasteiger partial charge in [0.25, 0.3) is 0 Å². The molecule has 2 aliphatic rings. The van der Waals surface area contributed by atoms with Crippen LogP contribution in [-0.2, 0) is 4.74 Å². The van der Waals surface area contributed by atoms with Crippen molar-refractivity contribution in [3.05, 3.63) is 22.3 Å². The first kappa shape index (κ1) is 17.6. The van der Waals surface area contributed by atoms with Crippen molar-refractivity contribution >= 4 is 35.0 Å². The molecule has 0 aliphatic carbocycles. The number of hydrogen-bond donors (Lipinski definition) is 3. The van der Waals surface area contributed by atoms with Gasteiger partial charge in [0.2, 0.25) is 0 Å². The molecular weight excluding hydrogens is 349 g/mol. The van der Waals surface area contributed by atoms with Crippen molar-refractivity contribution in [3.63, 3.8) is 0 Å². The number of ether oxygens (including phenoxy) is 1. The van der Waals surface area contributed by atoms with Crippen LogP contribution in [0.3, 0.4) is 0 Å². The number of nitrogens with zero attached hydrogens (tertiary/aromatic N) is 2. The average molecular weight is 372 g/mol. The minimum Gasteiger partial charge on any atom is -0.373 e. The Hall–Kier alpha value is -1.24. The maximum Gasteiger partial charge on any atom is 0.191 e. The second kappa shape index (κ2) is 8.23. The van der Waals surface area contributed by atoms with E-state index < -0.39 is 0 Å². The van der Waals surface area contributed by atoms with Gasteiger partial charge in [0, 0.05) is 19.3 Å². The van der Waals surface area contributed by atoms with E-state index in [2.05, 4.69) is 32.9 Å². The molecule has 2 bridgehead atoms. The van der Waals surface area contributed by atoms with Gasteiger partial charge in [-0.05, 0) is 32.3 Å². The van der Waals surface area contributed by atoms with Gasteiger partial charge < -0.3 is 20.7 Å². The minimum atomic E-state index is 0.328. The molecule has 3 atom stereocenters. The molecule has 2 saturated heterocycles. The first-order valence-electron chi connectivity index (χ1n) is 8.41. The van der Waals surface area contributed by atoms with E-state index in [-0.39, 0.29) is 0 Å². The number of nitrogens with one attached hydrogen (secondary N) is 3. The van der Waals surface area contributed by atoms with Crippen LogP contribution in [-0.4, -0.2) is 48.8 Å². The van der Waals surface area contributed by atoms with Crippen LogP contribution in [0.5, 0.6) is 0 Å². The Labute approximate surface area is 152 Å². The summed E-state index contributed by atoms with van der Waals surface area (Å²) in [4.78, 5) is 8.77. The Morgan fingerprint density at radius 1 is 1.42 bits per heavy atom. The molecule has 8 heteroatoms. The molecule has 3 N–H and O–H groups in total. The summed E-state index contributed by atoms with van der Waals surface area (Å²) in [6, 6.07) is 2.03. The number of aromatic nitrogens is 1. The van der Waals surface area contributed by atoms with E-state index in [9.17, 15) is 0 Å². The number of fused-ring (bicyclic) bond motifs is 2. The zero-order valence-corrected chi connectivity index (χ0v) is 15.2. The fraction of sp³-hybridized carbons (Fsp3) is 0.625. The number of rotatable bonds is 6. The summed E-state index contributed by atoms with van der Waals surface area (Å²) in [5.74, 6) is 1.45. The van der Waals surface area contributed by atoms with Crippen molar-refractivity contribution < 1.29 is 4.74 Å². The van der Waals surface area contributed by atoms with E-state index >= 15 is 0 Å². The van der Waals surface area contributed by atoms with Crippen molar-refractivity contribution in [2.45, 2.75) is 44.4 Å². The molecule has 2 aliphatic heterocycles. The number of halogens is 2. The summed E-state index contributed by atoms with van der Waals surface area (Å²) in [6.45, 7) is 4.13. The third-order valence-electron chi connectivity index (χ3n) is 4.25. The van der Waals surface area contributed by atoms with E-state index in [1.807, 2.05) is 0 Å². The predicted octanol–water partition coefficient (Wildman–Crippen LogP) is 2.68. The highest BCUT2D eigenvalue weighted by Crippen LogP contribution is 2.34. The molecule has 0 spiro atoms. The molecule has 1 aromatic heterocycles. The van der Waals surface area contributed by atoms with Gasteiger partial charge in [-0.25, -0.2) is 4.98 Å². The molecule has 0 radical (unpaired) electrons. The van der Waals surface area contributed by atoms with Gasteiger partial charge in [-0.2, -0.15) is 0 Å². The second-order valence-corrected chi connectivity index (χ2v) is 6.88. The lowest BCUT2D eigenvalue weighted by molar-refractivity contribution is 0.0992. The first-order chi connectivity index (χ1) is 11.7. The second-order valence-electron chi connectivity index (χ2n) is 6.03. The molecule has 0 aromatic carbocycles. The fourth-order valence-corrected chi connectivity index (χ4v) is 3.62. The third-order valence-corrected chi connectivity index (χ3v) is 4.75. The number of hydrogen-bond acceptors (Lipinski definition) is 4. The van der Waals surface area contributed by atoms with Gasteiger partial charge in [-0.15, -0.1) is 0 Å². The highest BCUT2D eigenvalue weighted by molar-refractivity contribution is 6.35. The van der Waals surface area contributed by atoms with Gasteiger partial charge in [0.1, 0.15) is 5.82 Å². The lowest BCUT2D eigenvalue weighted by Gasteiger charge is -2.22. The Morgan fingerprint density at radius 2 is 2.29 bits per heavy atom. The van der Waals surface area contributed by atoms with Crippen LogP contribution in [0.15, 0.2) is 17.3 Å². The number of guanidine groups is 1. The van der Waals surface area contributed by atoms with Crippen LogP contribution >= 0.6 is 23.2 Å². The first-order valence-corrected chi connectivity index (χ1v) is 9.16. The topological polar surface area (TPSA) is 70.6 Å². The smallest absolute Gasteiger partial charge is 0.191 e. The summed E-state index contributed by atoms with van der Waals surface area (Å²) in [5, 5.41) is 11.0. The van der Waals surface area contributed by atoms with Crippen molar-refractivity contribution in [1.82, 2.24) is 15.6 Å². The number of aliphatic imine (C=N–C) groups is 1. The summed E-state index contributed by atoms with van der Waals surface area (Å²) in [6.07, 6.45) is 5.72. The zero-order chi connectivity index (χ0) is 16.9. The van der Waals surface area contributed by atoms with E-state index in [4.69, 9.17) is 27.9 Å². The molecular formula is C16H23Cl2N5O. The lowest BCUT2D eigenvalue weighted by atomic mass is 9.96. The van der Waals surface area contributed by atoms with Crippen molar-refractivity contribution in [1.29, 1.82) is 0 Å². The van der Waals surface area contributed by atoms with Crippen LogP contribution < -0.4 is 16.0 Å². The quantitative estimate of drug-likeness (QED) is 0.407. The number of anilines is 1. The van der Waals surface area contributed by atoms with E-state index in [1.165, 1.54) is 6.42 Å². The minimum absolute atomic E-state index is 0.328. The molecule has 0 amide bonds. The highest BCUT2D eigenvalue weighted by atomic mass is 35.5. The molecule has 0 saturated carbocycles. The van der Waals surface area contributed by atoms with Crippen LogP contribution in [0.1, 0.15) is 26.2 Å². The summed E-state index contributed by atoms with van der Waals surface area (Å²) < 4.78 is 5.88. The Bertz CT molecular complexity index is 598. The Kier molecular flexibility index (Phi) is 6.03. The SMILES string of the molecule is CCNC(=NCCNc1ncc(Cl)cc1Cl)NC1CC2CCC1O2. The molecule has 24 heavy (non-hydrogen) atoms. The molecule has 6 nitrogen and oxygen atoms in total. The summed E-state index contributed by atoms with van der Waals surface area (Å²) in [7, 11) is 0. The fourth-order valence-electron chi connectivity index (χ4n) is 3.17. The lowest BCUT2D eigenvalue weighted by Crippen LogP contribution is -2.47. The Balaban J connectivity index is 1.48. The van der Waals surface area contributed by atoms with Gasteiger partial charge in [-0.3, -0.25) is 4.99 Å². The van der Waals surface area contributed by atoms with Crippen LogP contribution in [0, 0.1) is 0 Å². The molecule has 1 aromatic rings. The summed E-state index contributed by atoms with van der Waals surface area (Å²) in [5.41, 5.74) is 0. The maximum absolute atomic E-state index is 6.09. The Morgan fingerprint density at radius 3 is 2.96 bits per heavy atom. The number of pyridine rings is 1. The van der Waals surface area contributed by atoms with E-state index in [0.29, 0.717) is 47.2 Å². The molecule has 2 fully saturated rings. The van der Waals surface area contributed by atoms with Gasteiger partial charge in [0.15, 0.2) is 5.96 Å². The average Bonchev–Trinajstić information content (AvgIpc) is 3.16. The van der Waals surface area contributed by atoms with Gasteiger partial charge >= 0.3 is 0 Å². The van der Waals surface area contributed by atoms with Crippen molar-refractivity contribution in [3.8, 4) is 0 Å². The van der Waals surface area contributed by atoms with E-state index in [0.717, 1.165) is 25.3 Å². The van der Waals surface area contributed by atoms with Gasteiger partial charge in [0.05, 0.1) is 34.8 Å². The largest absolute Gasteiger partial charge is 0.373 e. The summed E-state index contributed by atoms with van der Waals surface area (Å²) >= 11 is 11.9. The highest BCUT2D eigenvalue weighted by Gasteiger charge is 2.41. The van der Waals surface area contributed by atoms with Crippen LogP contribution in [0.25, 0.3) is 0 Å². The zero-order valence-electron chi connectivity index (χ0n) is 13.7. The normalized spacial score (nSPS) is 25.8. The monoisotopic (exact) mass is 371 g/mol. The van der Waals surface area contributed by atoms with Crippen molar-refractivity contribution in [2.24, 2.45) is 4.99 Å². The molecule has 3 heterocycles.